The molecule has 0 atom stereocenters. The molecule has 0 aliphatic heterocycles. The minimum absolute atomic E-state index is 0.118. The molecule has 1 amide bonds. The fourth-order valence-corrected chi connectivity index (χ4v) is 4.30. The van der Waals surface area contributed by atoms with Gasteiger partial charge in [-0.05, 0) is 24.5 Å². The van der Waals surface area contributed by atoms with Crippen LogP contribution in [0.1, 0.15) is 42.7 Å². The molecule has 4 nitrogen and oxygen atoms in total. The summed E-state index contributed by atoms with van der Waals surface area (Å²) < 4.78 is 5.67. The Balaban J connectivity index is 1.91. The smallest absolute Gasteiger partial charge is 0.344 e. The lowest BCUT2D eigenvalue weighted by atomic mass is 9.93. The molecular weight excluding hydrogens is 362 g/mol. The fraction of sp³-hybridized carbons (Fsp3) is 0.280. The molecule has 0 unspecified atom stereocenters. The number of hydrogen-bond acceptors (Lipinski definition) is 3. The van der Waals surface area contributed by atoms with E-state index in [2.05, 4.69) is 6.58 Å². The largest absolute Gasteiger partial charge is 0.416 e. The molecule has 0 bridgehead atoms. The summed E-state index contributed by atoms with van der Waals surface area (Å²) in [6.07, 6.45) is 7.11. The van der Waals surface area contributed by atoms with E-state index in [1.807, 2.05) is 53.4 Å². The SMILES string of the molecule is C=CCN(C(=O)c1oc(=O)c2ccccc2c1-c1ccccc1)C1CCCCC1. The molecule has 3 aromatic rings. The molecule has 0 saturated heterocycles. The summed E-state index contributed by atoms with van der Waals surface area (Å²) in [5.74, 6) is -0.120. The van der Waals surface area contributed by atoms with Crippen molar-refractivity contribution in [2.24, 2.45) is 0 Å². The van der Waals surface area contributed by atoms with Crippen molar-refractivity contribution in [2.45, 2.75) is 38.1 Å². The van der Waals surface area contributed by atoms with E-state index in [9.17, 15) is 9.59 Å². The third-order valence-corrected chi connectivity index (χ3v) is 5.70. The van der Waals surface area contributed by atoms with Crippen LogP contribution in [0.5, 0.6) is 0 Å². The molecule has 0 N–H and O–H groups in total. The highest BCUT2D eigenvalue weighted by Crippen LogP contribution is 2.32. The van der Waals surface area contributed by atoms with Gasteiger partial charge in [0.25, 0.3) is 5.91 Å². The van der Waals surface area contributed by atoms with E-state index in [0.29, 0.717) is 17.5 Å². The molecule has 0 radical (unpaired) electrons. The van der Waals surface area contributed by atoms with Gasteiger partial charge in [-0.2, -0.15) is 0 Å². The Hall–Kier alpha value is -3.14. The van der Waals surface area contributed by atoms with Gasteiger partial charge in [0, 0.05) is 23.5 Å². The molecule has 2 aromatic carbocycles. The fourth-order valence-electron chi connectivity index (χ4n) is 4.30. The van der Waals surface area contributed by atoms with Gasteiger partial charge in [-0.25, -0.2) is 4.79 Å². The van der Waals surface area contributed by atoms with Gasteiger partial charge >= 0.3 is 5.63 Å². The maximum absolute atomic E-state index is 13.7. The number of carbonyl (C=O) groups is 1. The molecule has 1 heterocycles. The Labute approximate surface area is 170 Å². The van der Waals surface area contributed by atoms with Crippen LogP contribution in [0.15, 0.2) is 76.5 Å². The van der Waals surface area contributed by atoms with Crippen molar-refractivity contribution in [1.82, 2.24) is 4.90 Å². The molecule has 4 rings (SSSR count). The van der Waals surface area contributed by atoms with Crippen molar-refractivity contribution < 1.29 is 9.21 Å². The standard InChI is InChI=1S/C25H25NO3/c1-2-17-26(19-13-7-4-8-14-19)24(27)23-22(18-11-5-3-6-12-18)20-15-9-10-16-21(20)25(28)29-23/h2-3,5-6,9-12,15-16,19H,1,4,7-8,13-14,17H2. The van der Waals surface area contributed by atoms with Crippen molar-refractivity contribution in [3.05, 3.63) is 83.4 Å². The van der Waals surface area contributed by atoms with Crippen LogP contribution in [0.25, 0.3) is 21.9 Å². The zero-order valence-electron chi connectivity index (χ0n) is 16.5. The van der Waals surface area contributed by atoms with E-state index in [1.54, 1.807) is 12.1 Å². The van der Waals surface area contributed by atoms with Gasteiger partial charge in [0.2, 0.25) is 5.76 Å². The highest BCUT2D eigenvalue weighted by Gasteiger charge is 2.30. The van der Waals surface area contributed by atoms with Gasteiger partial charge in [0.05, 0.1) is 5.39 Å². The first kappa shape index (κ1) is 19.2. The van der Waals surface area contributed by atoms with Gasteiger partial charge in [-0.15, -0.1) is 6.58 Å². The third kappa shape index (κ3) is 3.75. The van der Waals surface area contributed by atoms with Crippen LogP contribution in [-0.2, 0) is 0 Å². The van der Waals surface area contributed by atoms with Crippen LogP contribution < -0.4 is 5.63 Å². The molecule has 1 aliphatic carbocycles. The Bertz CT molecular complexity index is 1080. The molecule has 1 saturated carbocycles. The van der Waals surface area contributed by atoms with Crippen LogP contribution in [0.3, 0.4) is 0 Å². The molecule has 148 valence electrons. The second-order valence-electron chi connectivity index (χ2n) is 7.54. The quantitative estimate of drug-likeness (QED) is 0.549. The van der Waals surface area contributed by atoms with Crippen LogP contribution in [-0.4, -0.2) is 23.4 Å². The molecule has 1 fully saturated rings. The highest BCUT2D eigenvalue weighted by atomic mass is 16.4. The predicted molar refractivity (Wildman–Crippen MR) is 116 cm³/mol. The third-order valence-electron chi connectivity index (χ3n) is 5.70. The van der Waals surface area contributed by atoms with E-state index >= 15 is 0 Å². The van der Waals surface area contributed by atoms with Gasteiger partial charge < -0.3 is 9.32 Å². The van der Waals surface area contributed by atoms with Gasteiger partial charge in [-0.1, -0.05) is 73.9 Å². The van der Waals surface area contributed by atoms with Gasteiger partial charge in [0.1, 0.15) is 0 Å². The number of benzene rings is 2. The number of carbonyl (C=O) groups excluding carboxylic acids is 1. The second kappa shape index (κ2) is 8.48. The van der Waals surface area contributed by atoms with E-state index in [1.165, 1.54) is 6.42 Å². The molecule has 1 aromatic heterocycles. The predicted octanol–water partition coefficient (Wildman–Crippen LogP) is 5.42. The highest BCUT2D eigenvalue weighted by molar-refractivity contribution is 6.07. The number of fused-ring (bicyclic) bond motifs is 1. The van der Waals surface area contributed by atoms with Crippen molar-refractivity contribution in [2.75, 3.05) is 6.54 Å². The maximum atomic E-state index is 13.7. The molecule has 1 aliphatic rings. The number of hydrogen-bond donors (Lipinski definition) is 0. The lowest BCUT2D eigenvalue weighted by Crippen LogP contribution is -2.42. The monoisotopic (exact) mass is 387 g/mol. The van der Waals surface area contributed by atoms with Crippen molar-refractivity contribution in [3.8, 4) is 11.1 Å². The molecule has 29 heavy (non-hydrogen) atoms. The summed E-state index contributed by atoms with van der Waals surface area (Å²) >= 11 is 0. The topological polar surface area (TPSA) is 50.5 Å². The first-order valence-electron chi connectivity index (χ1n) is 10.2. The zero-order valence-corrected chi connectivity index (χ0v) is 16.5. The molecule has 4 heteroatoms. The normalized spacial score (nSPS) is 14.6. The second-order valence-corrected chi connectivity index (χ2v) is 7.54. The summed E-state index contributed by atoms with van der Waals surface area (Å²) in [5.41, 5.74) is 1.06. The number of amides is 1. The van der Waals surface area contributed by atoms with Crippen molar-refractivity contribution in [3.63, 3.8) is 0 Å². The van der Waals surface area contributed by atoms with E-state index in [0.717, 1.165) is 36.6 Å². The van der Waals surface area contributed by atoms with Crippen molar-refractivity contribution >= 4 is 16.7 Å². The summed E-state index contributed by atoms with van der Waals surface area (Å²) in [7, 11) is 0. The van der Waals surface area contributed by atoms with Crippen LogP contribution in [0.4, 0.5) is 0 Å². The van der Waals surface area contributed by atoms with E-state index in [4.69, 9.17) is 4.42 Å². The summed E-state index contributed by atoms with van der Waals surface area (Å²) in [6, 6.07) is 17.1. The maximum Gasteiger partial charge on any atom is 0.344 e. The van der Waals surface area contributed by atoms with Gasteiger partial charge in [-0.3, -0.25) is 4.79 Å². The number of rotatable bonds is 5. The molecular formula is C25H25NO3. The lowest BCUT2D eigenvalue weighted by Gasteiger charge is -2.33. The van der Waals surface area contributed by atoms with Crippen LogP contribution >= 0.6 is 0 Å². The first-order chi connectivity index (χ1) is 14.2. The Morgan fingerprint density at radius 1 is 1.00 bits per heavy atom. The lowest BCUT2D eigenvalue weighted by molar-refractivity contribution is 0.0627. The average molecular weight is 387 g/mol. The van der Waals surface area contributed by atoms with Gasteiger partial charge in [0.15, 0.2) is 0 Å². The first-order valence-corrected chi connectivity index (χ1v) is 10.2. The van der Waals surface area contributed by atoms with Crippen molar-refractivity contribution in [1.29, 1.82) is 0 Å². The van der Waals surface area contributed by atoms with E-state index < -0.39 is 5.63 Å². The summed E-state index contributed by atoms with van der Waals surface area (Å²) in [6.45, 7) is 4.27. The molecule has 0 spiro atoms. The minimum atomic E-state index is -0.481. The minimum Gasteiger partial charge on any atom is -0.416 e. The number of nitrogens with zero attached hydrogens (tertiary/aromatic N) is 1. The Morgan fingerprint density at radius 3 is 2.34 bits per heavy atom. The summed E-state index contributed by atoms with van der Waals surface area (Å²) in [4.78, 5) is 28.2. The summed E-state index contributed by atoms with van der Waals surface area (Å²) in [5, 5.41) is 1.22. The van der Waals surface area contributed by atoms with Crippen LogP contribution in [0, 0.1) is 0 Å². The zero-order chi connectivity index (χ0) is 20.2. The average Bonchev–Trinajstić information content (AvgIpc) is 2.78. The Morgan fingerprint density at radius 2 is 1.66 bits per heavy atom. The Kier molecular flexibility index (Phi) is 5.61. The van der Waals surface area contributed by atoms with Crippen LogP contribution in [0.2, 0.25) is 0 Å². The van der Waals surface area contributed by atoms with E-state index in [-0.39, 0.29) is 17.7 Å².